The molecule has 0 spiro atoms. The van der Waals surface area contributed by atoms with Crippen LogP contribution in [0.1, 0.15) is 38.5 Å². The maximum atomic E-state index is 12.9. The molecule has 0 aromatic carbocycles. The van der Waals surface area contributed by atoms with E-state index in [2.05, 4.69) is 0 Å². The molecule has 0 radical (unpaired) electrons. The molecule has 5 heteroatoms. The van der Waals surface area contributed by atoms with E-state index >= 15 is 0 Å². The predicted molar refractivity (Wildman–Crippen MR) is 48.4 cm³/mol. The van der Waals surface area contributed by atoms with E-state index in [0.717, 1.165) is 12.8 Å². The van der Waals surface area contributed by atoms with E-state index in [9.17, 15) is 17.6 Å². The third-order valence-corrected chi connectivity index (χ3v) is 2.52. The second-order valence-corrected chi connectivity index (χ2v) is 3.98. The van der Waals surface area contributed by atoms with Gasteiger partial charge < -0.3 is 4.74 Å². The third kappa shape index (κ3) is 5.97. The van der Waals surface area contributed by atoms with Gasteiger partial charge in [-0.1, -0.05) is 0 Å². The Hall–Kier alpha value is -0.320. The van der Waals surface area contributed by atoms with Crippen LogP contribution in [0.5, 0.6) is 0 Å². The second-order valence-electron chi connectivity index (χ2n) is 3.98. The summed E-state index contributed by atoms with van der Waals surface area (Å²) in [6, 6.07) is 0. The van der Waals surface area contributed by atoms with E-state index in [1.54, 1.807) is 0 Å². The summed E-state index contributed by atoms with van der Waals surface area (Å²) in [4.78, 5) is 0. The molecule has 1 aliphatic carbocycles. The van der Waals surface area contributed by atoms with Gasteiger partial charge in [-0.25, -0.2) is 4.39 Å². The lowest BCUT2D eigenvalue weighted by Gasteiger charge is -2.24. The van der Waals surface area contributed by atoms with Crippen molar-refractivity contribution in [2.75, 3.05) is 6.61 Å². The van der Waals surface area contributed by atoms with Gasteiger partial charge in [0, 0.05) is 19.4 Å². The monoisotopic (exact) mass is 228 g/mol. The van der Waals surface area contributed by atoms with Crippen molar-refractivity contribution in [3.63, 3.8) is 0 Å². The first-order valence-electron chi connectivity index (χ1n) is 5.30. The molecular formula is C10H16F4O. The van der Waals surface area contributed by atoms with Crippen molar-refractivity contribution in [1.82, 2.24) is 0 Å². The lowest BCUT2D eigenvalue weighted by atomic mass is 9.96. The zero-order valence-corrected chi connectivity index (χ0v) is 8.52. The largest absolute Gasteiger partial charge is 0.389 e. The molecule has 0 N–H and O–H groups in total. The Kier molecular flexibility index (Phi) is 4.83. The van der Waals surface area contributed by atoms with Crippen LogP contribution in [-0.2, 0) is 4.74 Å². The molecule has 1 aliphatic rings. The number of alkyl halides is 4. The quantitative estimate of drug-likeness (QED) is 0.527. The van der Waals surface area contributed by atoms with Crippen molar-refractivity contribution >= 4 is 0 Å². The summed E-state index contributed by atoms with van der Waals surface area (Å²) in [7, 11) is 0. The van der Waals surface area contributed by atoms with Gasteiger partial charge in [-0.3, -0.25) is 0 Å². The van der Waals surface area contributed by atoms with Gasteiger partial charge in [0.1, 0.15) is 6.17 Å². The molecule has 1 saturated carbocycles. The zero-order valence-electron chi connectivity index (χ0n) is 8.52. The van der Waals surface area contributed by atoms with Gasteiger partial charge in [0.25, 0.3) is 0 Å². The number of hydrogen-bond acceptors (Lipinski definition) is 1. The van der Waals surface area contributed by atoms with Crippen LogP contribution in [0.25, 0.3) is 0 Å². The Balaban J connectivity index is 2.04. The number of halogens is 4. The standard InChI is InChI=1S/C10H16F4O/c11-8-3-1-4-9(7-8)15-6-2-5-10(12,13)14/h8-9H,1-7H2. The Morgan fingerprint density at radius 1 is 1.20 bits per heavy atom. The van der Waals surface area contributed by atoms with Crippen LogP contribution in [0.4, 0.5) is 17.6 Å². The van der Waals surface area contributed by atoms with Crippen LogP contribution < -0.4 is 0 Å². The minimum absolute atomic E-state index is 0.0308. The van der Waals surface area contributed by atoms with Crippen molar-refractivity contribution in [2.24, 2.45) is 0 Å². The zero-order chi connectivity index (χ0) is 11.3. The topological polar surface area (TPSA) is 9.23 Å². The van der Waals surface area contributed by atoms with Crippen molar-refractivity contribution in [3.8, 4) is 0 Å². The molecule has 0 aromatic heterocycles. The van der Waals surface area contributed by atoms with Gasteiger partial charge in [-0.2, -0.15) is 13.2 Å². The number of rotatable bonds is 4. The van der Waals surface area contributed by atoms with Gasteiger partial charge in [0.15, 0.2) is 0 Å². The highest BCUT2D eigenvalue weighted by molar-refractivity contribution is 4.72. The molecule has 2 unspecified atom stereocenters. The Bertz CT molecular complexity index is 181. The summed E-state index contributed by atoms with van der Waals surface area (Å²) in [6.45, 7) is 0.0803. The molecule has 1 nitrogen and oxygen atoms in total. The van der Waals surface area contributed by atoms with E-state index in [0.29, 0.717) is 12.8 Å². The molecule has 0 aromatic rings. The van der Waals surface area contributed by atoms with Crippen LogP contribution in [0, 0.1) is 0 Å². The Morgan fingerprint density at radius 2 is 1.93 bits per heavy atom. The predicted octanol–water partition coefficient (Wildman–Crippen LogP) is 3.63. The van der Waals surface area contributed by atoms with E-state index < -0.39 is 18.8 Å². The summed E-state index contributed by atoms with van der Waals surface area (Å²) in [5.74, 6) is 0. The van der Waals surface area contributed by atoms with E-state index in [1.165, 1.54) is 0 Å². The van der Waals surface area contributed by atoms with Crippen molar-refractivity contribution in [1.29, 1.82) is 0 Å². The minimum atomic E-state index is -4.11. The Labute approximate surface area is 86.8 Å². The fourth-order valence-electron chi connectivity index (χ4n) is 1.76. The molecule has 0 heterocycles. The smallest absolute Gasteiger partial charge is 0.378 e. The summed E-state index contributed by atoms with van der Waals surface area (Å²) in [6.07, 6.45) is -3.55. The summed E-state index contributed by atoms with van der Waals surface area (Å²) < 4.78 is 53.4. The molecule has 0 bridgehead atoms. The van der Waals surface area contributed by atoms with Crippen LogP contribution >= 0.6 is 0 Å². The lowest BCUT2D eigenvalue weighted by Crippen LogP contribution is -2.24. The number of hydrogen-bond donors (Lipinski definition) is 0. The van der Waals surface area contributed by atoms with Crippen LogP contribution in [0.3, 0.4) is 0 Å². The summed E-state index contributed by atoms with van der Waals surface area (Å²) in [5.41, 5.74) is 0. The van der Waals surface area contributed by atoms with Gasteiger partial charge >= 0.3 is 6.18 Å². The lowest BCUT2D eigenvalue weighted by molar-refractivity contribution is -0.139. The molecule has 0 saturated heterocycles. The van der Waals surface area contributed by atoms with Gasteiger partial charge in [-0.05, 0) is 25.7 Å². The highest BCUT2D eigenvalue weighted by Crippen LogP contribution is 2.25. The first-order chi connectivity index (χ1) is 6.97. The van der Waals surface area contributed by atoms with Crippen LogP contribution in [0.15, 0.2) is 0 Å². The average molecular weight is 228 g/mol. The fourth-order valence-corrected chi connectivity index (χ4v) is 1.76. The summed E-state index contributed by atoms with van der Waals surface area (Å²) in [5, 5.41) is 0. The van der Waals surface area contributed by atoms with E-state index in [4.69, 9.17) is 4.74 Å². The molecule has 0 aliphatic heterocycles. The first-order valence-corrected chi connectivity index (χ1v) is 5.30. The highest BCUT2D eigenvalue weighted by atomic mass is 19.4. The SMILES string of the molecule is FC1CCCC(OCCCC(F)(F)F)C1. The molecule has 1 rings (SSSR count). The van der Waals surface area contributed by atoms with Crippen LogP contribution in [-0.4, -0.2) is 25.1 Å². The van der Waals surface area contributed by atoms with E-state index in [1.807, 2.05) is 0 Å². The van der Waals surface area contributed by atoms with Crippen molar-refractivity contribution in [2.45, 2.75) is 57.0 Å². The van der Waals surface area contributed by atoms with Gasteiger partial charge in [0.2, 0.25) is 0 Å². The van der Waals surface area contributed by atoms with E-state index in [-0.39, 0.29) is 19.1 Å². The molecule has 2 atom stereocenters. The molecule has 15 heavy (non-hydrogen) atoms. The molecule has 90 valence electrons. The summed E-state index contributed by atoms with van der Waals surface area (Å²) >= 11 is 0. The van der Waals surface area contributed by atoms with Crippen molar-refractivity contribution < 1.29 is 22.3 Å². The normalized spacial score (nSPS) is 28.0. The molecule has 0 amide bonds. The average Bonchev–Trinajstić information content (AvgIpc) is 2.11. The fraction of sp³-hybridized carbons (Fsp3) is 1.00. The highest BCUT2D eigenvalue weighted by Gasteiger charge is 2.27. The van der Waals surface area contributed by atoms with Gasteiger partial charge in [-0.15, -0.1) is 0 Å². The second kappa shape index (κ2) is 5.68. The maximum absolute atomic E-state index is 12.9. The third-order valence-electron chi connectivity index (χ3n) is 2.52. The minimum Gasteiger partial charge on any atom is -0.378 e. The maximum Gasteiger partial charge on any atom is 0.389 e. The van der Waals surface area contributed by atoms with Gasteiger partial charge in [0.05, 0.1) is 6.10 Å². The van der Waals surface area contributed by atoms with Crippen molar-refractivity contribution in [3.05, 3.63) is 0 Å². The first kappa shape index (κ1) is 12.7. The Morgan fingerprint density at radius 3 is 2.53 bits per heavy atom. The van der Waals surface area contributed by atoms with Crippen LogP contribution in [0.2, 0.25) is 0 Å². The number of ether oxygens (including phenoxy) is 1. The molecule has 1 fully saturated rings. The molecular weight excluding hydrogens is 212 g/mol.